The van der Waals surface area contributed by atoms with E-state index >= 15 is 0 Å². The van der Waals surface area contributed by atoms with Crippen molar-refractivity contribution in [1.82, 2.24) is 9.97 Å². The minimum atomic E-state index is -2.94. The molecule has 0 spiro atoms. The second-order valence-electron chi connectivity index (χ2n) is 5.31. The van der Waals surface area contributed by atoms with E-state index in [0.29, 0.717) is 30.3 Å². The largest absolute Gasteiger partial charge is 0.433 e. The molecule has 2 heterocycles. The molecule has 3 rings (SSSR count). The molecule has 1 aliphatic heterocycles. The zero-order valence-electron chi connectivity index (χ0n) is 12.9. The molecular weight excluding hydrogens is 318 g/mol. The van der Waals surface area contributed by atoms with Crippen molar-refractivity contribution in [3.8, 4) is 5.75 Å². The van der Waals surface area contributed by atoms with Gasteiger partial charge in [0, 0.05) is 12.7 Å². The topological polar surface area (TPSA) is 67.3 Å². The molecule has 1 saturated heterocycles. The number of nitrogens with zero attached hydrogens (tertiary/aromatic N) is 3. The number of aryl methyl sites for hydroxylation is 1. The first kappa shape index (κ1) is 16.1. The summed E-state index contributed by atoms with van der Waals surface area (Å²) in [5.74, 6) is 0.925. The number of hydrogen-bond acceptors (Lipinski definition) is 5. The number of aromatic nitrogens is 2. The highest BCUT2D eigenvalue weighted by atomic mass is 19.3. The Morgan fingerprint density at radius 3 is 2.88 bits per heavy atom. The number of hydrogen-bond donors (Lipinski definition) is 1. The third kappa shape index (κ3) is 3.42. The molecule has 1 aromatic carbocycles. The predicted molar refractivity (Wildman–Crippen MR) is 84.2 cm³/mol. The first-order chi connectivity index (χ1) is 11.5. The summed E-state index contributed by atoms with van der Waals surface area (Å²) in [6.07, 6.45) is 2.14. The number of halogens is 2. The van der Waals surface area contributed by atoms with Gasteiger partial charge in [0.25, 0.3) is 0 Å². The molecule has 24 heavy (non-hydrogen) atoms. The Labute approximate surface area is 137 Å². The molecule has 0 unspecified atom stereocenters. The summed E-state index contributed by atoms with van der Waals surface area (Å²) in [5, 5.41) is 3.06. The van der Waals surface area contributed by atoms with E-state index < -0.39 is 12.7 Å². The Kier molecular flexibility index (Phi) is 4.54. The van der Waals surface area contributed by atoms with E-state index in [0.717, 1.165) is 0 Å². The first-order valence-corrected chi connectivity index (χ1v) is 7.46. The van der Waals surface area contributed by atoms with Crippen LogP contribution in [0.25, 0.3) is 0 Å². The van der Waals surface area contributed by atoms with Gasteiger partial charge in [0.05, 0.1) is 5.69 Å². The molecule has 6 nitrogen and oxygen atoms in total. The third-order valence-electron chi connectivity index (χ3n) is 3.68. The summed E-state index contributed by atoms with van der Waals surface area (Å²) >= 11 is 0. The van der Waals surface area contributed by atoms with Crippen LogP contribution in [-0.4, -0.2) is 35.1 Å². The number of alkyl halides is 2. The molecule has 1 amide bonds. The molecule has 0 bridgehead atoms. The number of anilines is 2. The molecule has 1 fully saturated rings. The summed E-state index contributed by atoms with van der Waals surface area (Å²) in [6.45, 7) is -0.780. The molecule has 0 radical (unpaired) electrons. The fourth-order valence-corrected chi connectivity index (χ4v) is 2.64. The number of nitrogens with one attached hydrogen (secondary N) is 1. The van der Waals surface area contributed by atoms with Crippen molar-refractivity contribution in [2.45, 2.75) is 26.0 Å². The molecule has 0 saturated carbocycles. The summed E-state index contributed by atoms with van der Waals surface area (Å²) in [4.78, 5) is 22.3. The average Bonchev–Trinajstić information content (AvgIpc) is 2.88. The van der Waals surface area contributed by atoms with Crippen molar-refractivity contribution in [1.29, 1.82) is 0 Å². The standard InChI is InChI=1S/C16H16F2N4O2/c1-10-19-8-6-14(20-10)21-11-7-9-22(15(11)23)12-4-2-3-5-13(12)24-16(17)18/h2-6,8,11,16H,7,9H2,1H3,(H,19,20,21)/t11-/m0/s1. The first-order valence-electron chi connectivity index (χ1n) is 7.46. The second-order valence-corrected chi connectivity index (χ2v) is 5.31. The molecule has 1 atom stereocenters. The molecule has 1 N–H and O–H groups in total. The highest BCUT2D eigenvalue weighted by Gasteiger charge is 2.34. The predicted octanol–water partition coefficient (Wildman–Crippen LogP) is 2.60. The van der Waals surface area contributed by atoms with Gasteiger partial charge in [0.2, 0.25) is 5.91 Å². The zero-order chi connectivity index (χ0) is 17.1. The van der Waals surface area contributed by atoms with E-state index in [4.69, 9.17) is 0 Å². The highest BCUT2D eigenvalue weighted by Crippen LogP contribution is 2.32. The number of ether oxygens (including phenoxy) is 1. The van der Waals surface area contributed by atoms with Crippen molar-refractivity contribution in [3.05, 3.63) is 42.4 Å². The third-order valence-corrected chi connectivity index (χ3v) is 3.68. The van der Waals surface area contributed by atoms with Gasteiger partial charge >= 0.3 is 6.61 Å². The summed E-state index contributed by atoms with van der Waals surface area (Å²) < 4.78 is 29.6. The second kappa shape index (κ2) is 6.77. The van der Waals surface area contributed by atoms with E-state index in [2.05, 4.69) is 20.0 Å². The molecular formula is C16H16F2N4O2. The minimum absolute atomic E-state index is 0.0145. The molecule has 1 aromatic heterocycles. The van der Waals surface area contributed by atoms with Gasteiger partial charge in [-0.1, -0.05) is 12.1 Å². The lowest BCUT2D eigenvalue weighted by Gasteiger charge is -2.20. The Hall–Kier alpha value is -2.77. The fourth-order valence-electron chi connectivity index (χ4n) is 2.64. The van der Waals surface area contributed by atoms with Crippen LogP contribution >= 0.6 is 0 Å². The van der Waals surface area contributed by atoms with E-state index in [1.807, 2.05) is 0 Å². The zero-order valence-corrected chi connectivity index (χ0v) is 12.9. The maximum absolute atomic E-state index is 12.6. The quantitative estimate of drug-likeness (QED) is 0.910. The maximum Gasteiger partial charge on any atom is 0.387 e. The smallest absolute Gasteiger partial charge is 0.387 e. The van der Waals surface area contributed by atoms with Crippen LogP contribution in [0.15, 0.2) is 36.5 Å². The number of benzene rings is 1. The Morgan fingerprint density at radius 2 is 2.12 bits per heavy atom. The van der Waals surface area contributed by atoms with Gasteiger partial charge in [-0.25, -0.2) is 9.97 Å². The summed E-state index contributed by atoms with van der Waals surface area (Å²) in [6, 6.07) is 7.47. The van der Waals surface area contributed by atoms with E-state index in [9.17, 15) is 13.6 Å². The lowest BCUT2D eigenvalue weighted by atomic mass is 10.2. The van der Waals surface area contributed by atoms with Crippen molar-refractivity contribution in [2.24, 2.45) is 0 Å². The lowest BCUT2D eigenvalue weighted by molar-refractivity contribution is -0.117. The summed E-state index contributed by atoms with van der Waals surface area (Å²) in [5.41, 5.74) is 0.339. The van der Waals surface area contributed by atoms with E-state index in [1.165, 1.54) is 11.0 Å². The number of amides is 1. The van der Waals surface area contributed by atoms with Crippen molar-refractivity contribution >= 4 is 17.4 Å². The van der Waals surface area contributed by atoms with Crippen LogP contribution in [0, 0.1) is 6.92 Å². The average molecular weight is 334 g/mol. The Bertz CT molecular complexity index is 742. The molecule has 0 aliphatic carbocycles. The van der Waals surface area contributed by atoms with Crippen LogP contribution in [0.3, 0.4) is 0 Å². The number of carbonyl (C=O) groups excluding carboxylic acids is 1. The molecule has 8 heteroatoms. The molecule has 2 aromatic rings. The van der Waals surface area contributed by atoms with Crippen LogP contribution in [0.1, 0.15) is 12.2 Å². The van der Waals surface area contributed by atoms with E-state index in [-0.39, 0.29) is 11.7 Å². The van der Waals surface area contributed by atoms with Crippen LogP contribution in [0.5, 0.6) is 5.75 Å². The van der Waals surface area contributed by atoms with Gasteiger partial charge in [0.1, 0.15) is 23.4 Å². The van der Waals surface area contributed by atoms with Gasteiger partial charge in [0.15, 0.2) is 0 Å². The van der Waals surface area contributed by atoms with Crippen molar-refractivity contribution < 1.29 is 18.3 Å². The van der Waals surface area contributed by atoms with Gasteiger partial charge in [-0.3, -0.25) is 4.79 Å². The van der Waals surface area contributed by atoms with E-state index in [1.54, 1.807) is 37.4 Å². The van der Waals surface area contributed by atoms with Gasteiger partial charge < -0.3 is 15.0 Å². The number of rotatable bonds is 5. The van der Waals surface area contributed by atoms with Crippen molar-refractivity contribution in [2.75, 3.05) is 16.8 Å². The SMILES string of the molecule is Cc1nccc(N[C@H]2CCN(c3ccccc3OC(F)F)C2=O)n1. The van der Waals surface area contributed by atoms with Crippen LogP contribution in [-0.2, 0) is 4.79 Å². The van der Waals surface area contributed by atoms with Gasteiger partial charge in [-0.15, -0.1) is 0 Å². The van der Waals surface area contributed by atoms with Crippen molar-refractivity contribution in [3.63, 3.8) is 0 Å². The number of para-hydroxylation sites is 2. The monoisotopic (exact) mass is 334 g/mol. The lowest BCUT2D eigenvalue weighted by Crippen LogP contribution is -2.34. The van der Waals surface area contributed by atoms with Gasteiger partial charge in [-0.2, -0.15) is 8.78 Å². The summed E-state index contributed by atoms with van der Waals surface area (Å²) in [7, 11) is 0. The highest BCUT2D eigenvalue weighted by molar-refractivity contribution is 6.01. The normalized spacial score (nSPS) is 17.4. The molecule has 126 valence electrons. The van der Waals surface area contributed by atoms with Gasteiger partial charge in [-0.05, 0) is 31.5 Å². The fraction of sp³-hybridized carbons (Fsp3) is 0.312. The van der Waals surface area contributed by atoms with Crippen LogP contribution in [0.2, 0.25) is 0 Å². The van der Waals surface area contributed by atoms with Crippen LogP contribution in [0.4, 0.5) is 20.3 Å². The Morgan fingerprint density at radius 1 is 1.33 bits per heavy atom. The maximum atomic E-state index is 12.6. The number of carbonyl (C=O) groups is 1. The minimum Gasteiger partial charge on any atom is -0.433 e. The Balaban J connectivity index is 1.77. The van der Waals surface area contributed by atoms with Crippen LogP contribution < -0.4 is 15.0 Å². The molecule has 1 aliphatic rings.